The van der Waals surface area contributed by atoms with E-state index >= 15 is 0 Å². The van der Waals surface area contributed by atoms with Gasteiger partial charge in [0.15, 0.2) is 5.82 Å². The molecule has 16 heavy (non-hydrogen) atoms. The zero-order valence-electron chi connectivity index (χ0n) is 9.26. The zero-order valence-corrected chi connectivity index (χ0v) is 9.26. The third-order valence-electron chi connectivity index (χ3n) is 2.39. The first kappa shape index (κ1) is 12.4. The van der Waals surface area contributed by atoms with Gasteiger partial charge in [-0.25, -0.2) is 8.78 Å². The van der Waals surface area contributed by atoms with E-state index in [0.717, 1.165) is 12.1 Å². The molecule has 5 heteroatoms. The highest BCUT2D eigenvalue weighted by Gasteiger charge is 2.22. The lowest BCUT2D eigenvalue weighted by Gasteiger charge is -2.19. The zero-order chi connectivity index (χ0) is 12.3. The Hall–Kier alpha value is -1.65. The number of hydrogen-bond acceptors (Lipinski definition) is 2. The molecule has 0 fully saturated rings. The van der Waals surface area contributed by atoms with E-state index in [2.05, 4.69) is 0 Å². The van der Waals surface area contributed by atoms with E-state index in [9.17, 15) is 13.6 Å². The van der Waals surface area contributed by atoms with Gasteiger partial charge in [-0.15, -0.1) is 0 Å². The minimum atomic E-state index is -0.989. The molecule has 1 aromatic carbocycles. The van der Waals surface area contributed by atoms with E-state index in [1.54, 1.807) is 13.8 Å². The Bertz CT molecular complexity index is 403. The number of halogens is 2. The fraction of sp³-hybridized carbons (Fsp3) is 0.364. The van der Waals surface area contributed by atoms with Crippen molar-refractivity contribution in [2.24, 2.45) is 0 Å². The number of carbonyl (C=O) groups excluding carboxylic acids is 1. The smallest absolute Gasteiger partial charge is 0.259 e. The highest BCUT2D eigenvalue weighted by molar-refractivity contribution is 5.95. The van der Waals surface area contributed by atoms with Crippen molar-refractivity contribution in [1.29, 1.82) is 0 Å². The van der Waals surface area contributed by atoms with Gasteiger partial charge < -0.3 is 10.6 Å². The maximum Gasteiger partial charge on any atom is 0.259 e. The molecule has 0 saturated heterocycles. The first-order valence-electron chi connectivity index (χ1n) is 5.05. The third kappa shape index (κ3) is 2.13. The molecule has 88 valence electrons. The molecule has 0 radical (unpaired) electrons. The van der Waals surface area contributed by atoms with Gasteiger partial charge in [-0.3, -0.25) is 4.79 Å². The summed E-state index contributed by atoms with van der Waals surface area (Å²) in [5.74, 6) is -2.55. The van der Waals surface area contributed by atoms with E-state index in [1.807, 2.05) is 0 Å². The fourth-order valence-corrected chi connectivity index (χ4v) is 1.43. The largest absolute Gasteiger partial charge is 0.396 e. The van der Waals surface area contributed by atoms with Gasteiger partial charge in [-0.2, -0.15) is 0 Å². The van der Waals surface area contributed by atoms with Crippen LogP contribution >= 0.6 is 0 Å². The topological polar surface area (TPSA) is 46.3 Å². The quantitative estimate of drug-likeness (QED) is 0.804. The Morgan fingerprint density at radius 2 is 1.88 bits per heavy atom. The van der Waals surface area contributed by atoms with Crippen LogP contribution < -0.4 is 5.73 Å². The van der Waals surface area contributed by atoms with Crippen molar-refractivity contribution in [3.63, 3.8) is 0 Å². The lowest BCUT2D eigenvalue weighted by molar-refractivity contribution is 0.0763. The van der Waals surface area contributed by atoms with Gasteiger partial charge in [0, 0.05) is 13.1 Å². The summed E-state index contributed by atoms with van der Waals surface area (Å²) in [6.07, 6.45) is 0. The van der Waals surface area contributed by atoms with E-state index in [0.29, 0.717) is 13.1 Å². The van der Waals surface area contributed by atoms with Crippen LogP contribution in [0.3, 0.4) is 0 Å². The number of amides is 1. The highest BCUT2D eigenvalue weighted by atomic mass is 19.1. The summed E-state index contributed by atoms with van der Waals surface area (Å²) < 4.78 is 26.9. The van der Waals surface area contributed by atoms with Gasteiger partial charge in [-0.05, 0) is 26.0 Å². The van der Waals surface area contributed by atoms with Crippen LogP contribution in [0.15, 0.2) is 12.1 Å². The molecule has 1 rings (SSSR count). The summed E-state index contributed by atoms with van der Waals surface area (Å²) in [6, 6.07) is 2.10. The highest BCUT2D eigenvalue weighted by Crippen LogP contribution is 2.20. The Morgan fingerprint density at radius 1 is 1.31 bits per heavy atom. The molecule has 3 nitrogen and oxygen atoms in total. The number of anilines is 1. The van der Waals surface area contributed by atoms with Crippen LogP contribution in [0.1, 0.15) is 24.2 Å². The predicted octanol–water partition coefficient (Wildman–Crippen LogP) is 2.03. The first-order valence-corrected chi connectivity index (χ1v) is 5.05. The first-order chi connectivity index (χ1) is 7.52. The summed E-state index contributed by atoms with van der Waals surface area (Å²) in [6.45, 7) is 4.26. The van der Waals surface area contributed by atoms with Gasteiger partial charge in [0.2, 0.25) is 0 Å². The second-order valence-corrected chi connectivity index (χ2v) is 3.30. The molecule has 0 heterocycles. The molecule has 1 amide bonds. The Labute approximate surface area is 92.8 Å². The Morgan fingerprint density at radius 3 is 2.38 bits per heavy atom. The van der Waals surface area contributed by atoms with Crippen molar-refractivity contribution in [3.05, 3.63) is 29.3 Å². The minimum Gasteiger partial charge on any atom is -0.396 e. The Balaban J connectivity index is 3.22. The number of carbonyl (C=O) groups is 1. The molecule has 0 bridgehead atoms. The molecule has 0 saturated carbocycles. The number of nitrogens with two attached hydrogens (primary N) is 1. The molecule has 0 unspecified atom stereocenters. The predicted molar refractivity (Wildman–Crippen MR) is 58.0 cm³/mol. The number of nitrogen functional groups attached to an aromatic ring is 1. The molecular weight excluding hydrogens is 214 g/mol. The van der Waals surface area contributed by atoms with Crippen molar-refractivity contribution in [2.45, 2.75) is 13.8 Å². The van der Waals surface area contributed by atoms with Crippen LogP contribution in [0.2, 0.25) is 0 Å². The van der Waals surface area contributed by atoms with Crippen molar-refractivity contribution in [3.8, 4) is 0 Å². The summed E-state index contributed by atoms with van der Waals surface area (Å²) in [5, 5.41) is 0. The molecule has 0 aliphatic heterocycles. The van der Waals surface area contributed by atoms with Crippen molar-refractivity contribution < 1.29 is 13.6 Å². The summed E-state index contributed by atoms with van der Waals surface area (Å²) in [5.41, 5.74) is 4.49. The molecule has 2 N–H and O–H groups in total. The molecule has 0 spiro atoms. The van der Waals surface area contributed by atoms with Gasteiger partial charge in [-0.1, -0.05) is 0 Å². The average Bonchev–Trinajstić information content (AvgIpc) is 2.26. The number of benzene rings is 1. The van der Waals surface area contributed by atoms with Gasteiger partial charge in [0.25, 0.3) is 5.91 Å². The molecule has 0 aromatic heterocycles. The van der Waals surface area contributed by atoms with Crippen LogP contribution in [-0.2, 0) is 0 Å². The van der Waals surface area contributed by atoms with E-state index in [4.69, 9.17) is 5.73 Å². The minimum absolute atomic E-state index is 0.225. The van der Waals surface area contributed by atoms with Crippen molar-refractivity contribution in [1.82, 2.24) is 4.90 Å². The van der Waals surface area contributed by atoms with E-state index in [1.165, 1.54) is 4.90 Å². The summed E-state index contributed by atoms with van der Waals surface area (Å²) in [4.78, 5) is 13.1. The van der Waals surface area contributed by atoms with Crippen LogP contribution in [0.25, 0.3) is 0 Å². The number of nitrogens with zero attached hydrogens (tertiary/aromatic N) is 1. The summed E-state index contributed by atoms with van der Waals surface area (Å²) in [7, 11) is 0. The van der Waals surface area contributed by atoms with Gasteiger partial charge >= 0.3 is 0 Å². The van der Waals surface area contributed by atoms with Crippen LogP contribution in [0.4, 0.5) is 14.5 Å². The monoisotopic (exact) mass is 228 g/mol. The SMILES string of the molecule is CCN(CC)C(=O)c1c(F)ccc(N)c1F. The maximum absolute atomic E-state index is 13.5. The molecular formula is C11H14F2N2O. The molecule has 0 aliphatic carbocycles. The number of hydrogen-bond donors (Lipinski definition) is 1. The third-order valence-corrected chi connectivity index (χ3v) is 2.39. The standard InChI is InChI=1S/C11H14F2N2O/c1-3-15(4-2)11(16)9-7(12)5-6-8(14)10(9)13/h5-6H,3-4,14H2,1-2H3. The Kier molecular flexibility index (Phi) is 3.82. The lowest BCUT2D eigenvalue weighted by Crippen LogP contribution is -2.32. The van der Waals surface area contributed by atoms with Gasteiger partial charge in [0.1, 0.15) is 11.4 Å². The number of rotatable bonds is 3. The normalized spacial score (nSPS) is 10.2. The molecule has 0 atom stereocenters. The molecule has 1 aromatic rings. The van der Waals surface area contributed by atoms with Crippen molar-refractivity contribution in [2.75, 3.05) is 18.8 Å². The second-order valence-electron chi connectivity index (χ2n) is 3.30. The average molecular weight is 228 g/mol. The lowest BCUT2D eigenvalue weighted by atomic mass is 10.1. The van der Waals surface area contributed by atoms with Crippen LogP contribution in [-0.4, -0.2) is 23.9 Å². The summed E-state index contributed by atoms with van der Waals surface area (Å²) >= 11 is 0. The van der Waals surface area contributed by atoms with Crippen molar-refractivity contribution >= 4 is 11.6 Å². The van der Waals surface area contributed by atoms with Gasteiger partial charge in [0.05, 0.1) is 5.69 Å². The maximum atomic E-state index is 13.5. The van der Waals surface area contributed by atoms with Crippen LogP contribution in [0, 0.1) is 11.6 Å². The van der Waals surface area contributed by atoms with E-state index in [-0.39, 0.29) is 5.69 Å². The van der Waals surface area contributed by atoms with E-state index < -0.39 is 23.1 Å². The van der Waals surface area contributed by atoms with Crippen LogP contribution in [0.5, 0.6) is 0 Å². The second kappa shape index (κ2) is 4.92. The molecule has 0 aliphatic rings. The fourth-order valence-electron chi connectivity index (χ4n) is 1.43.